The van der Waals surface area contributed by atoms with Gasteiger partial charge in [-0.1, -0.05) is 20.8 Å². The lowest BCUT2D eigenvalue weighted by Gasteiger charge is -2.20. The second-order valence-electron chi connectivity index (χ2n) is 4.20. The van der Waals surface area contributed by atoms with Gasteiger partial charge in [-0.15, -0.1) is 0 Å². The molecule has 0 aliphatic heterocycles. The molecule has 0 spiro atoms. The van der Waals surface area contributed by atoms with E-state index in [0.717, 1.165) is 5.56 Å². The van der Waals surface area contributed by atoms with Gasteiger partial charge in [0, 0.05) is 6.20 Å². The summed E-state index contributed by atoms with van der Waals surface area (Å²) in [5.74, 6) is 0. The lowest BCUT2D eigenvalue weighted by molar-refractivity contribution is 0.276. The number of rotatable bonds is 1. The second kappa shape index (κ2) is 3.77. The second-order valence-corrected chi connectivity index (χ2v) is 4.20. The minimum absolute atomic E-state index is 0.0993. The van der Waals surface area contributed by atoms with Crippen molar-refractivity contribution >= 4 is 0 Å². The molecule has 3 heteroatoms. The summed E-state index contributed by atoms with van der Waals surface area (Å²) in [5, 5.41) is 18.0. The van der Waals surface area contributed by atoms with E-state index in [1.54, 1.807) is 6.20 Å². The Bertz CT molecular complexity index is 372. The average molecular weight is 190 g/mol. The van der Waals surface area contributed by atoms with E-state index in [1.165, 1.54) is 0 Å². The van der Waals surface area contributed by atoms with Crippen LogP contribution in [0.5, 0.6) is 0 Å². The van der Waals surface area contributed by atoms with Crippen LogP contribution < -0.4 is 0 Å². The molecule has 1 aromatic heterocycles. The summed E-state index contributed by atoms with van der Waals surface area (Å²) >= 11 is 0. The SMILES string of the molecule is CC(C)(C)c1ccnc(CO)c1C#N. The maximum absolute atomic E-state index is 9.03. The van der Waals surface area contributed by atoms with Crippen molar-refractivity contribution in [2.24, 2.45) is 0 Å². The molecule has 0 saturated carbocycles. The van der Waals surface area contributed by atoms with Gasteiger partial charge in [0.1, 0.15) is 6.07 Å². The van der Waals surface area contributed by atoms with Crippen LogP contribution >= 0.6 is 0 Å². The first-order chi connectivity index (χ1) is 6.50. The summed E-state index contributed by atoms with van der Waals surface area (Å²) in [5.41, 5.74) is 1.79. The normalized spacial score (nSPS) is 11.1. The number of nitrogens with zero attached hydrogens (tertiary/aromatic N) is 2. The van der Waals surface area contributed by atoms with Gasteiger partial charge in [-0.2, -0.15) is 5.26 Å². The predicted molar refractivity (Wildman–Crippen MR) is 53.6 cm³/mol. The van der Waals surface area contributed by atoms with Crippen molar-refractivity contribution in [1.82, 2.24) is 4.98 Å². The molecule has 0 amide bonds. The number of nitriles is 1. The van der Waals surface area contributed by atoms with Crippen molar-refractivity contribution < 1.29 is 5.11 Å². The third kappa shape index (κ3) is 1.91. The molecule has 0 atom stereocenters. The van der Waals surface area contributed by atoms with Crippen LogP contribution in [0.15, 0.2) is 12.3 Å². The summed E-state index contributed by atoms with van der Waals surface area (Å²) in [4.78, 5) is 3.97. The number of aromatic nitrogens is 1. The van der Waals surface area contributed by atoms with Gasteiger partial charge < -0.3 is 5.11 Å². The van der Waals surface area contributed by atoms with Crippen molar-refractivity contribution in [3.63, 3.8) is 0 Å². The van der Waals surface area contributed by atoms with Crippen molar-refractivity contribution in [2.45, 2.75) is 32.8 Å². The molecule has 3 nitrogen and oxygen atoms in total. The smallest absolute Gasteiger partial charge is 0.101 e. The van der Waals surface area contributed by atoms with E-state index in [1.807, 2.05) is 26.8 Å². The first-order valence-corrected chi connectivity index (χ1v) is 4.50. The Balaban J connectivity index is 3.39. The predicted octanol–water partition coefficient (Wildman–Crippen LogP) is 1.74. The van der Waals surface area contributed by atoms with Crippen LogP contribution in [-0.2, 0) is 12.0 Å². The van der Waals surface area contributed by atoms with Crippen molar-refractivity contribution in [3.05, 3.63) is 29.1 Å². The molecule has 0 radical (unpaired) electrons. The molecule has 1 heterocycles. The standard InChI is InChI=1S/C11H14N2O/c1-11(2,3)9-4-5-13-10(7-14)8(9)6-12/h4-5,14H,7H2,1-3H3. The minimum Gasteiger partial charge on any atom is -0.390 e. The quantitative estimate of drug-likeness (QED) is 0.733. The molecule has 1 N–H and O–H groups in total. The monoisotopic (exact) mass is 190 g/mol. The summed E-state index contributed by atoms with van der Waals surface area (Å²) in [6.07, 6.45) is 1.63. The largest absolute Gasteiger partial charge is 0.390 e. The Morgan fingerprint density at radius 1 is 1.50 bits per heavy atom. The van der Waals surface area contributed by atoms with E-state index in [4.69, 9.17) is 10.4 Å². The third-order valence-electron chi connectivity index (χ3n) is 2.10. The molecule has 0 fully saturated rings. The molecule has 0 aliphatic rings. The maximum atomic E-state index is 9.03. The van der Waals surface area contributed by atoms with E-state index in [9.17, 15) is 0 Å². The highest BCUT2D eigenvalue weighted by atomic mass is 16.3. The summed E-state index contributed by atoms with van der Waals surface area (Å²) < 4.78 is 0. The van der Waals surface area contributed by atoms with Crippen LogP contribution in [0.2, 0.25) is 0 Å². The fourth-order valence-corrected chi connectivity index (χ4v) is 1.37. The van der Waals surface area contributed by atoms with Gasteiger partial charge in [0.15, 0.2) is 0 Å². The van der Waals surface area contributed by atoms with Gasteiger partial charge in [0.2, 0.25) is 0 Å². The molecule has 74 valence electrons. The van der Waals surface area contributed by atoms with E-state index in [2.05, 4.69) is 11.1 Å². The number of hydrogen-bond donors (Lipinski definition) is 1. The van der Waals surface area contributed by atoms with Gasteiger partial charge >= 0.3 is 0 Å². The number of aliphatic hydroxyl groups excluding tert-OH is 1. The lowest BCUT2D eigenvalue weighted by Crippen LogP contribution is -2.15. The Kier molecular flexibility index (Phi) is 2.87. The van der Waals surface area contributed by atoms with E-state index < -0.39 is 0 Å². The van der Waals surface area contributed by atoms with Crippen LogP contribution in [0.25, 0.3) is 0 Å². The highest BCUT2D eigenvalue weighted by molar-refractivity contribution is 5.43. The summed E-state index contributed by atoms with van der Waals surface area (Å²) in [6.45, 7) is 5.91. The van der Waals surface area contributed by atoms with E-state index in [-0.39, 0.29) is 12.0 Å². The molecular weight excluding hydrogens is 176 g/mol. The van der Waals surface area contributed by atoms with Gasteiger partial charge in [-0.3, -0.25) is 4.98 Å². The Morgan fingerprint density at radius 3 is 2.57 bits per heavy atom. The highest BCUT2D eigenvalue weighted by Gasteiger charge is 2.20. The Morgan fingerprint density at radius 2 is 2.14 bits per heavy atom. The zero-order chi connectivity index (χ0) is 10.8. The maximum Gasteiger partial charge on any atom is 0.101 e. The molecule has 0 aliphatic carbocycles. The van der Waals surface area contributed by atoms with Gasteiger partial charge in [0.05, 0.1) is 17.9 Å². The molecule has 14 heavy (non-hydrogen) atoms. The topological polar surface area (TPSA) is 56.9 Å². The molecule has 0 aromatic carbocycles. The van der Waals surface area contributed by atoms with Crippen LogP contribution in [0.4, 0.5) is 0 Å². The van der Waals surface area contributed by atoms with Crippen LogP contribution in [0.3, 0.4) is 0 Å². The van der Waals surface area contributed by atoms with Crippen LogP contribution in [0.1, 0.15) is 37.6 Å². The molecule has 0 saturated heterocycles. The molecular formula is C11H14N2O. The number of pyridine rings is 1. The average Bonchev–Trinajstić information content (AvgIpc) is 2.15. The fraction of sp³-hybridized carbons (Fsp3) is 0.455. The molecule has 0 bridgehead atoms. The minimum atomic E-state index is -0.188. The first kappa shape index (κ1) is 10.7. The summed E-state index contributed by atoms with van der Waals surface area (Å²) in [6, 6.07) is 3.93. The van der Waals surface area contributed by atoms with E-state index >= 15 is 0 Å². The van der Waals surface area contributed by atoms with Gasteiger partial charge in [0.25, 0.3) is 0 Å². The fourth-order valence-electron chi connectivity index (χ4n) is 1.37. The van der Waals surface area contributed by atoms with Gasteiger partial charge in [-0.25, -0.2) is 0 Å². The van der Waals surface area contributed by atoms with Crippen molar-refractivity contribution in [2.75, 3.05) is 0 Å². The van der Waals surface area contributed by atoms with Gasteiger partial charge in [-0.05, 0) is 17.0 Å². The van der Waals surface area contributed by atoms with Crippen LogP contribution in [0, 0.1) is 11.3 Å². The van der Waals surface area contributed by atoms with Crippen molar-refractivity contribution in [3.8, 4) is 6.07 Å². The third-order valence-corrected chi connectivity index (χ3v) is 2.10. The van der Waals surface area contributed by atoms with Crippen molar-refractivity contribution in [1.29, 1.82) is 5.26 Å². The van der Waals surface area contributed by atoms with Crippen LogP contribution in [-0.4, -0.2) is 10.1 Å². The zero-order valence-electron chi connectivity index (χ0n) is 8.70. The molecule has 0 unspecified atom stereocenters. The number of hydrogen-bond acceptors (Lipinski definition) is 3. The first-order valence-electron chi connectivity index (χ1n) is 4.50. The molecule has 1 rings (SSSR count). The lowest BCUT2D eigenvalue weighted by atomic mass is 9.84. The number of aliphatic hydroxyl groups is 1. The highest BCUT2D eigenvalue weighted by Crippen LogP contribution is 2.26. The Hall–Kier alpha value is -1.40. The molecule has 1 aromatic rings. The zero-order valence-corrected chi connectivity index (χ0v) is 8.70. The summed E-state index contributed by atoms with van der Waals surface area (Å²) in [7, 11) is 0. The van der Waals surface area contributed by atoms with E-state index in [0.29, 0.717) is 11.3 Å². The Labute approximate surface area is 84.0 Å².